The maximum atomic E-state index is 14.3. The topological polar surface area (TPSA) is 126 Å². The van der Waals surface area contributed by atoms with Crippen LogP contribution in [0, 0.1) is 11.8 Å². The number of hydrogen-bond donors (Lipinski definition) is 1. The van der Waals surface area contributed by atoms with Gasteiger partial charge in [0.2, 0.25) is 11.8 Å². The summed E-state index contributed by atoms with van der Waals surface area (Å²) in [6, 6.07) is 4.13. The monoisotopic (exact) mass is 623 g/mol. The van der Waals surface area contributed by atoms with Gasteiger partial charge in [0.05, 0.1) is 32.9 Å². The lowest BCUT2D eigenvalue weighted by Gasteiger charge is -2.31. The second kappa shape index (κ2) is 13.7. The summed E-state index contributed by atoms with van der Waals surface area (Å²) in [6.45, 7) is 2.50. The molecule has 45 heavy (non-hydrogen) atoms. The van der Waals surface area contributed by atoms with Crippen molar-refractivity contribution >= 4 is 28.9 Å². The molecule has 3 fully saturated rings. The third-order valence-corrected chi connectivity index (χ3v) is 10.0. The maximum Gasteiger partial charge on any atom is 0.408 e. The molecule has 2 aliphatic carbocycles. The Hall–Kier alpha value is -3.76. The Kier molecular flexibility index (Phi) is 9.51. The van der Waals surface area contributed by atoms with Gasteiger partial charge < -0.3 is 33.9 Å². The summed E-state index contributed by atoms with van der Waals surface area (Å²) in [5.74, 6) is 1.14. The molecule has 11 nitrogen and oxygen atoms in total. The van der Waals surface area contributed by atoms with Crippen molar-refractivity contribution in [3.63, 3.8) is 0 Å². The molecular weight excluding hydrogens is 578 g/mol. The van der Waals surface area contributed by atoms with E-state index in [1.165, 1.54) is 12.0 Å². The first kappa shape index (κ1) is 31.2. The summed E-state index contributed by atoms with van der Waals surface area (Å²) in [7, 11) is 2.98. The fourth-order valence-corrected chi connectivity index (χ4v) is 7.81. The first-order valence-corrected chi connectivity index (χ1v) is 16.5. The minimum absolute atomic E-state index is 0.0282. The molecule has 0 unspecified atom stereocenters. The van der Waals surface area contributed by atoms with Crippen molar-refractivity contribution in [1.29, 1.82) is 0 Å². The van der Waals surface area contributed by atoms with Crippen molar-refractivity contribution in [3.05, 3.63) is 23.8 Å². The Morgan fingerprint density at radius 3 is 2.53 bits per heavy atom. The molecule has 0 radical (unpaired) electrons. The first-order valence-electron chi connectivity index (χ1n) is 16.5. The van der Waals surface area contributed by atoms with Gasteiger partial charge in [-0.25, -0.2) is 14.6 Å². The van der Waals surface area contributed by atoms with Crippen LogP contribution in [0.4, 0.5) is 4.79 Å². The van der Waals surface area contributed by atoms with E-state index in [2.05, 4.69) is 11.4 Å². The molecule has 4 bridgehead atoms. The molecule has 1 aromatic heterocycles. The molecule has 2 saturated carbocycles. The van der Waals surface area contributed by atoms with E-state index in [4.69, 9.17) is 28.7 Å². The zero-order valence-electron chi connectivity index (χ0n) is 26.5. The van der Waals surface area contributed by atoms with Gasteiger partial charge in [-0.2, -0.15) is 0 Å². The average Bonchev–Trinajstić information content (AvgIpc) is 3.81. The van der Waals surface area contributed by atoms with E-state index in [9.17, 15) is 14.4 Å². The average molecular weight is 624 g/mol. The highest BCUT2D eigenvalue weighted by Crippen LogP contribution is 2.38. The van der Waals surface area contributed by atoms with Gasteiger partial charge in [0.25, 0.3) is 0 Å². The molecule has 1 aromatic carbocycles. The van der Waals surface area contributed by atoms with Crippen molar-refractivity contribution in [2.75, 3.05) is 27.4 Å². The van der Waals surface area contributed by atoms with Gasteiger partial charge in [-0.3, -0.25) is 4.79 Å². The van der Waals surface area contributed by atoms with Crippen LogP contribution < -0.4 is 19.5 Å². The molecule has 2 aromatic rings. The van der Waals surface area contributed by atoms with Crippen LogP contribution in [0.3, 0.4) is 0 Å². The fourth-order valence-electron chi connectivity index (χ4n) is 7.81. The maximum absolute atomic E-state index is 14.3. The van der Waals surface area contributed by atoms with Crippen molar-refractivity contribution in [2.45, 2.75) is 102 Å². The van der Waals surface area contributed by atoms with Gasteiger partial charge in [0.1, 0.15) is 35.8 Å². The second-order valence-corrected chi connectivity index (χ2v) is 12.8. The number of hydrogen-bond acceptors (Lipinski definition) is 9. The Morgan fingerprint density at radius 2 is 1.78 bits per heavy atom. The molecule has 6 rings (SSSR count). The van der Waals surface area contributed by atoms with Crippen LogP contribution >= 0.6 is 0 Å². The molecule has 5 atom stereocenters. The Labute approximate surface area is 264 Å². The van der Waals surface area contributed by atoms with Crippen LogP contribution in [0.25, 0.3) is 10.9 Å². The number of pyridine rings is 1. The molecule has 1 N–H and O–H groups in total. The SMILES string of the molecule is CCOc1cc2c3cc(c(OC)cc3n1)CCC[C@@H]1CCC[C@H]1OC(=O)N[C@@H](C1CCCC1)C(=O)N1C[C@@H](C[C@H]1C(=O)OC)O2. The van der Waals surface area contributed by atoms with E-state index in [0.717, 1.165) is 80.9 Å². The molecule has 0 spiro atoms. The number of aromatic nitrogens is 1. The van der Waals surface area contributed by atoms with Gasteiger partial charge in [-0.15, -0.1) is 0 Å². The van der Waals surface area contributed by atoms with Crippen LogP contribution in [0.2, 0.25) is 0 Å². The minimum Gasteiger partial charge on any atom is -0.496 e. The number of carbonyl (C=O) groups is 3. The lowest BCUT2D eigenvalue weighted by atomic mass is 9.95. The van der Waals surface area contributed by atoms with Crippen LogP contribution in [-0.4, -0.2) is 79.5 Å². The predicted molar refractivity (Wildman–Crippen MR) is 165 cm³/mol. The number of nitrogens with zero attached hydrogens (tertiary/aromatic N) is 2. The molecule has 4 aliphatic rings. The smallest absolute Gasteiger partial charge is 0.408 e. The van der Waals surface area contributed by atoms with Crippen LogP contribution in [0.15, 0.2) is 18.2 Å². The summed E-state index contributed by atoms with van der Waals surface area (Å²) in [5.41, 5.74) is 1.71. The number of aryl methyl sites for hydroxylation is 1. The molecule has 3 heterocycles. The summed E-state index contributed by atoms with van der Waals surface area (Å²) < 4.78 is 29.3. The van der Waals surface area contributed by atoms with Crippen molar-refractivity contribution in [3.8, 4) is 17.4 Å². The van der Waals surface area contributed by atoms with E-state index in [1.54, 1.807) is 13.2 Å². The number of methoxy groups -OCH3 is 2. The van der Waals surface area contributed by atoms with Gasteiger partial charge >= 0.3 is 12.1 Å². The zero-order valence-corrected chi connectivity index (χ0v) is 26.5. The highest BCUT2D eigenvalue weighted by molar-refractivity contribution is 5.91. The molecular formula is C34H45N3O8. The van der Waals surface area contributed by atoms with E-state index in [-0.39, 0.29) is 36.8 Å². The summed E-state index contributed by atoms with van der Waals surface area (Å²) >= 11 is 0. The van der Waals surface area contributed by atoms with Crippen molar-refractivity contribution < 1.29 is 38.1 Å². The quantitative estimate of drug-likeness (QED) is 0.461. The third kappa shape index (κ3) is 6.63. The predicted octanol–water partition coefficient (Wildman–Crippen LogP) is 4.95. The second-order valence-electron chi connectivity index (χ2n) is 12.8. The van der Waals surface area contributed by atoms with Crippen LogP contribution in [0.1, 0.15) is 76.7 Å². The van der Waals surface area contributed by atoms with E-state index >= 15 is 0 Å². The Balaban J connectivity index is 1.41. The zero-order chi connectivity index (χ0) is 31.5. The molecule has 2 aliphatic heterocycles. The molecule has 2 amide bonds. The minimum atomic E-state index is -0.842. The largest absolute Gasteiger partial charge is 0.496 e. The highest BCUT2D eigenvalue weighted by Gasteiger charge is 2.46. The number of benzene rings is 1. The van der Waals surface area contributed by atoms with Crippen molar-refractivity contribution in [1.82, 2.24) is 15.2 Å². The lowest BCUT2D eigenvalue weighted by molar-refractivity contribution is -0.152. The highest BCUT2D eigenvalue weighted by atomic mass is 16.6. The van der Waals surface area contributed by atoms with Crippen LogP contribution in [-0.2, 0) is 25.5 Å². The number of carbonyl (C=O) groups excluding carboxylic acids is 3. The normalized spacial score (nSPS) is 27.7. The number of rotatable bonds is 5. The summed E-state index contributed by atoms with van der Waals surface area (Å²) in [5, 5.41) is 3.77. The molecule has 244 valence electrons. The van der Waals surface area contributed by atoms with E-state index in [0.29, 0.717) is 23.8 Å². The van der Waals surface area contributed by atoms with Gasteiger partial charge in [0.15, 0.2) is 0 Å². The standard InChI is InChI=1S/C34H45N3O8/c1-4-43-30-18-29-24-15-22(28(41-2)17-25(24)35-30)13-7-11-20-12-8-14-27(20)45-34(40)36-31(21-9-5-6-10-21)32(38)37-19-23(44-29)16-26(37)33(39)42-3/h15,17-18,20-21,23,26-27,31H,4-14,16,19H2,1-3H3,(H,36,40)/t20-,23-,26+,27-,31+/m1/s1. The fraction of sp³-hybridized carbons (Fsp3) is 0.647. The number of ether oxygens (including phenoxy) is 5. The van der Waals surface area contributed by atoms with Crippen molar-refractivity contribution in [2.24, 2.45) is 11.8 Å². The summed E-state index contributed by atoms with van der Waals surface area (Å²) in [4.78, 5) is 46.9. The van der Waals surface area contributed by atoms with Crippen LogP contribution in [0.5, 0.6) is 17.4 Å². The third-order valence-electron chi connectivity index (χ3n) is 10.0. The number of esters is 1. The summed E-state index contributed by atoms with van der Waals surface area (Å²) in [6.07, 6.45) is 8.03. The number of fused-ring (bicyclic) bond motifs is 4. The Morgan fingerprint density at radius 1 is 1.00 bits per heavy atom. The first-order chi connectivity index (χ1) is 21.9. The van der Waals surface area contributed by atoms with Gasteiger partial charge in [-0.1, -0.05) is 12.8 Å². The molecule has 1 saturated heterocycles. The molecule has 11 heteroatoms. The number of amides is 2. The van der Waals surface area contributed by atoms with E-state index < -0.39 is 30.3 Å². The number of nitrogens with one attached hydrogen (secondary N) is 1. The van der Waals surface area contributed by atoms with E-state index in [1.807, 2.05) is 13.0 Å². The van der Waals surface area contributed by atoms with Gasteiger partial charge in [-0.05, 0) is 81.8 Å². The number of alkyl carbamates (subject to hydrolysis) is 1. The van der Waals surface area contributed by atoms with Gasteiger partial charge in [0, 0.05) is 23.9 Å². The Bertz CT molecular complexity index is 1410. The lowest BCUT2D eigenvalue weighted by Crippen LogP contribution is -2.55.